The lowest BCUT2D eigenvalue weighted by Gasteiger charge is -2.17. The van der Waals surface area contributed by atoms with Gasteiger partial charge in [0, 0.05) is 13.2 Å². The first-order valence-electron chi connectivity index (χ1n) is 6.30. The summed E-state index contributed by atoms with van der Waals surface area (Å²) in [5, 5.41) is 0. The molecule has 3 heteroatoms. The molecule has 0 radical (unpaired) electrons. The predicted molar refractivity (Wildman–Crippen MR) is 64.8 cm³/mol. The third-order valence-corrected chi connectivity index (χ3v) is 2.76. The molecule has 0 aromatic carbocycles. The molecular weight excluding hydrogens is 187 g/mol. The Morgan fingerprint density at radius 1 is 1.07 bits per heavy atom. The van der Waals surface area contributed by atoms with E-state index in [4.69, 9.17) is 9.31 Å². The highest BCUT2D eigenvalue weighted by molar-refractivity contribution is 6.53. The number of hydrogen-bond acceptors (Lipinski definition) is 2. The fraction of sp³-hybridized carbons (Fsp3) is 0.833. The molecule has 15 heavy (non-hydrogen) atoms. The molecule has 0 aromatic rings. The summed E-state index contributed by atoms with van der Waals surface area (Å²) >= 11 is 0. The van der Waals surface area contributed by atoms with Crippen LogP contribution >= 0.6 is 0 Å². The van der Waals surface area contributed by atoms with E-state index in [0.29, 0.717) is 0 Å². The molecule has 1 rings (SSSR count). The van der Waals surface area contributed by atoms with Gasteiger partial charge in [0.15, 0.2) is 0 Å². The number of hydrogen-bond donors (Lipinski definition) is 0. The normalized spacial score (nSPS) is 21.3. The summed E-state index contributed by atoms with van der Waals surface area (Å²) in [4.78, 5) is 0. The summed E-state index contributed by atoms with van der Waals surface area (Å²) < 4.78 is 11.3. The highest BCUT2D eigenvalue weighted by Crippen LogP contribution is 2.19. The van der Waals surface area contributed by atoms with Gasteiger partial charge in [0.25, 0.3) is 0 Å². The molecule has 0 amide bonds. The van der Waals surface area contributed by atoms with Gasteiger partial charge in [0.2, 0.25) is 0 Å². The average molecular weight is 210 g/mol. The molecule has 0 N–H and O–H groups in total. The zero-order chi connectivity index (χ0) is 10.9. The van der Waals surface area contributed by atoms with Gasteiger partial charge in [-0.15, -0.1) is 0 Å². The maximum Gasteiger partial charge on any atom is 0.489 e. The van der Waals surface area contributed by atoms with Crippen molar-refractivity contribution in [2.24, 2.45) is 0 Å². The van der Waals surface area contributed by atoms with Crippen LogP contribution in [0.15, 0.2) is 11.5 Å². The van der Waals surface area contributed by atoms with Crippen molar-refractivity contribution in [3.05, 3.63) is 11.5 Å². The minimum absolute atomic E-state index is 0.0851. The molecule has 0 unspecified atom stereocenters. The molecule has 0 fully saturated rings. The Bertz CT molecular complexity index is 186. The second-order valence-corrected chi connectivity index (χ2v) is 3.97. The zero-order valence-electron chi connectivity index (χ0n) is 10.1. The summed E-state index contributed by atoms with van der Waals surface area (Å²) in [6, 6.07) is 0. The third kappa shape index (κ3) is 4.85. The largest absolute Gasteiger partial charge is 0.489 e. The van der Waals surface area contributed by atoms with Crippen LogP contribution in [0.5, 0.6) is 0 Å². The topological polar surface area (TPSA) is 18.5 Å². The third-order valence-electron chi connectivity index (χ3n) is 2.76. The van der Waals surface area contributed by atoms with Crippen molar-refractivity contribution < 1.29 is 9.31 Å². The highest BCUT2D eigenvalue weighted by Gasteiger charge is 2.22. The van der Waals surface area contributed by atoms with Gasteiger partial charge in [-0.05, 0) is 38.6 Å². The van der Waals surface area contributed by atoms with Gasteiger partial charge >= 0.3 is 7.12 Å². The molecule has 0 spiro atoms. The van der Waals surface area contributed by atoms with Crippen molar-refractivity contribution in [3.63, 3.8) is 0 Å². The first-order chi connectivity index (χ1) is 7.38. The smallest absolute Gasteiger partial charge is 0.408 e. The van der Waals surface area contributed by atoms with E-state index < -0.39 is 0 Å². The van der Waals surface area contributed by atoms with E-state index >= 15 is 0 Å². The van der Waals surface area contributed by atoms with Gasteiger partial charge < -0.3 is 9.31 Å². The Morgan fingerprint density at radius 2 is 1.73 bits per heavy atom. The Morgan fingerprint density at radius 3 is 2.40 bits per heavy atom. The van der Waals surface area contributed by atoms with Crippen molar-refractivity contribution in [3.8, 4) is 0 Å². The van der Waals surface area contributed by atoms with E-state index in [0.717, 1.165) is 19.6 Å². The molecular formula is C12H23BO2. The fourth-order valence-electron chi connectivity index (χ4n) is 2.00. The first-order valence-corrected chi connectivity index (χ1v) is 6.30. The van der Waals surface area contributed by atoms with Crippen molar-refractivity contribution in [2.45, 2.75) is 52.4 Å². The van der Waals surface area contributed by atoms with Gasteiger partial charge in [-0.3, -0.25) is 0 Å². The van der Waals surface area contributed by atoms with Crippen molar-refractivity contribution >= 4 is 7.12 Å². The van der Waals surface area contributed by atoms with Crippen LogP contribution in [0.4, 0.5) is 0 Å². The molecule has 0 heterocycles. The Balaban J connectivity index is 2.53. The second-order valence-electron chi connectivity index (χ2n) is 3.97. The molecule has 86 valence electrons. The number of allylic oxidation sites excluding steroid dienone is 2. The zero-order valence-corrected chi connectivity index (χ0v) is 10.1. The van der Waals surface area contributed by atoms with Gasteiger partial charge in [-0.1, -0.05) is 25.3 Å². The average Bonchev–Trinajstić information content (AvgIpc) is 2.17. The standard InChI is InChI=1S/C12H23BO2/c1-3-14-13(15-4-2)12-10-8-6-5-7-9-11-12/h10H,3-9,11H2,1-2H3/b12-10+. The minimum Gasteiger partial charge on any atom is -0.408 e. The monoisotopic (exact) mass is 210 g/mol. The van der Waals surface area contributed by atoms with E-state index in [1.54, 1.807) is 0 Å². The van der Waals surface area contributed by atoms with Crippen LogP contribution in [0.1, 0.15) is 52.4 Å². The minimum atomic E-state index is -0.0851. The molecule has 0 aliphatic heterocycles. The maximum absolute atomic E-state index is 5.63. The van der Waals surface area contributed by atoms with Crippen LogP contribution in [-0.2, 0) is 9.31 Å². The van der Waals surface area contributed by atoms with E-state index in [9.17, 15) is 0 Å². The second kappa shape index (κ2) is 7.94. The van der Waals surface area contributed by atoms with E-state index in [-0.39, 0.29) is 7.12 Å². The Hall–Kier alpha value is -0.275. The van der Waals surface area contributed by atoms with Crippen LogP contribution in [0.3, 0.4) is 0 Å². The molecule has 2 nitrogen and oxygen atoms in total. The van der Waals surface area contributed by atoms with Gasteiger partial charge in [-0.2, -0.15) is 0 Å². The molecule has 0 saturated heterocycles. The van der Waals surface area contributed by atoms with Crippen molar-refractivity contribution in [2.75, 3.05) is 13.2 Å². The maximum atomic E-state index is 5.63. The molecule has 1 aliphatic carbocycles. The summed E-state index contributed by atoms with van der Waals surface area (Å²) in [6.45, 7) is 5.50. The van der Waals surface area contributed by atoms with Gasteiger partial charge in [0.05, 0.1) is 0 Å². The van der Waals surface area contributed by atoms with Crippen LogP contribution in [-0.4, -0.2) is 20.3 Å². The molecule has 0 atom stereocenters. The van der Waals surface area contributed by atoms with E-state index in [1.165, 1.54) is 37.6 Å². The lowest BCUT2D eigenvalue weighted by Crippen LogP contribution is -2.26. The van der Waals surface area contributed by atoms with Crippen LogP contribution in [0, 0.1) is 0 Å². The van der Waals surface area contributed by atoms with Crippen molar-refractivity contribution in [1.82, 2.24) is 0 Å². The Labute approximate surface area is 94.2 Å². The van der Waals surface area contributed by atoms with Crippen LogP contribution in [0.2, 0.25) is 0 Å². The van der Waals surface area contributed by atoms with Crippen molar-refractivity contribution in [1.29, 1.82) is 0 Å². The number of rotatable bonds is 5. The van der Waals surface area contributed by atoms with Crippen LogP contribution < -0.4 is 0 Å². The highest BCUT2D eigenvalue weighted by atomic mass is 16.6. The molecule has 0 aromatic heterocycles. The molecule has 1 aliphatic rings. The summed E-state index contributed by atoms with van der Waals surface area (Å²) in [5.41, 5.74) is 1.36. The lowest BCUT2D eigenvalue weighted by molar-refractivity contribution is 0.220. The summed E-state index contributed by atoms with van der Waals surface area (Å²) in [6.07, 6.45) is 9.97. The van der Waals surface area contributed by atoms with Gasteiger partial charge in [-0.25, -0.2) is 0 Å². The predicted octanol–water partition coefficient (Wildman–Crippen LogP) is 3.37. The Kier molecular flexibility index (Phi) is 6.78. The summed E-state index contributed by atoms with van der Waals surface area (Å²) in [5.74, 6) is 0. The summed E-state index contributed by atoms with van der Waals surface area (Å²) in [7, 11) is -0.0851. The quantitative estimate of drug-likeness (QED) is 0.647. The fourth-order valence-corrected chi connectivity index (χ4v) is 2.00. The van der Waals surface area contributed by atoms with E-state index in [1.807, 2.05) is 13.8 Å². The van der Waals surface area contributed by atoms with Crippen LogP contribution in [0.25, 0.3) is 0 Å². The molecule has 0 bridgehead atoms. The van der Waals surface area contributed by atoms with E-state index in [2.05, 4.69) is 6.08 Å². The van der Waals surface area contributed by atoms with Gasteiger partial charge in [0.1, 0.15) is 0 Å². The lowest BCUT2D eigenvalue weighted by atomic mass is 9.73. The first kappa shape index (κ1) is 12.8. The molecule has 0 saturated carbocycles. The SMILES string of the molecule is CCOB(OCC)/C1=C/CCCCCC1.